The van der Waals surface area contributed by atoms with Gasteiger partial charge in [-0.15, -0.1) is 0 Å². The number of Topliss-reactive ketones (excluding diaryl/α,β-unsaturated/α-hetero) is 1. The molecule has 730 valence electrons. The number of aliphatic hydroxyl groups is 1. The molecule has 4 aliphatic carbocycles. The lowest BCUT2D eigenvalue weighted by Crippen LogP contribution is -2.69. The number of hydrogen-bond donors (Lipinski definition) is 7. The van der Waals surface area contributed by atoms with Gasteiger partial charge in [0.05, 0.1) is 103 Å². The van der Waals surface area contributed by atoms with E-state index in [1.807, 2.05) is 0 Å². The van der Waals surface area contributed by atoms with Crippen LogP contribution < -0.4 is 36.2 Å². The average molecular weight is 1890 g/mol. The van der Waals surface area contributed by atoms with E-state index < -0.39 is 275 Å². The minimum Gasteiger partial charge on any atom is -0.493 e. The fourth-order valence-electron chi connectivity index (χ4n) is 17.3. The van der Waals surface area contributed by atoms with Crippen LogP contribution in [0.25, 0.3) is 0 Å². The molecule has 2 heterocycles. The Bertz CT molecular complexity index is 5180. The van der Waals surface area contributed by atoms with Crippen LogP contribution >= 0.6 is 0 Å². The second kappa shape index (κ2) is 45.9. The van der Waals surface area contributed by atoms with Crippen molar-refractivity contribution in [2.24, 2.45) is 22.7 Å². The summed E-state index contributed by atoms with van der Waals surface area (Å²) in [6.07, 6.45) is 2.51. The van der Waals surface area contributed by atoms with Crippen LogP contribution in [0.3, 0.4) is 0 Å². The van der Waals surface area contributed by atoms with Gasteiger partial charge in [0, 0.05) is 130 Å². The minimum atomic E-state index is -2.25. The number of amides is 17. The highest BCUT2D eigenvalue weighted by molar-refractivity contribution is 6.28. The lowest BCUT2D eigenvalue weighted by atomic mass is 9.44. The number of nitrogens with zero attached hydrogens (tertiary/aromatic N) is 11. The van der Waals surface area contributed by atoms with Gasteiger partial charge in [0.15, 0.2) is 29.1 Å². The van der Waals surface area contributed by atoms with Crippen molar-refractivity contribution in [2.45, 2.75) is 107 Å². The molecule has 0 unspecified atom stereocenters. The number of likely N-dealkylation sites (N-methyl/N-ethyl adjacent to an activating group) is 10. The number of anilines is 1. The van der Waals surface area contributed by atoms with Gasteiger partial charge in [0.2, 0.25) is 88.6 Å². The van der Waals surface area contributed by atoms with Crippen LogP contribution in [-0.4, -0.2) is 382 Å². The first-order valence-electron chi connectivity index (χ1n) is 43.5. The van der Waals surface area contributed by atoms with Gasteiger partial charge in [-0.2, -0.15) is 0 Å². The number of carboxylic acid groups (broad SMARTS) is 1. The fourth-order valence-corrected chi connectivity index (χ4v) is 17.3. The summed E-state index contributed by atoms with van der Waals surface area (Å²) < 4.78 is 57.8. The number of carbonyl (C=O) groups is 20. The van der Waals surface area contributed by atoms with Gasteiger partial charge >= 0.3 is 5.97 Å². The van der Waals surface area contributed by atoms with Gasteiger partial charge in [-0.1, -0.05) is 67.1 Å². The van der Waals surface area contributed by atoms with Crippen LogP contribution in [0.4, 0.5) is 14.5 Å². The molecule has 0 radical (unpaired) electrons. The van der Waals surface area contributed by atoms with Gasteiger partial charge in [0.1, 0.15) is 37.5 Å². The molecule has 0 spiro atoms. The summed E-state index contributed by atoms with van der Waals surface area (Å²) in [7, 11) is 12.9. The number of aryl methyl sites for hydroxylation is 1. The molecule has 3 saturated carbocycles. The summed E-state index contributed by atoms with van der Waals surface area (Å²) in [6.45, 7) is -5.03. The van der Waals surface area contributed by atoms with Crippen molar-refractivity contribution in [1.82, 2.24) is 75.6 Å². The highest BCUT2D eigenvalue weighted by atomic mass is 19.1. The first kappa shape index (κ1) is 105. The second-order valence-electron chi connectivity index (χ2n) is 34.9. The highest BCUT2D eigenvalue weighted by Gasteiger charge is 2.79. The Morgan fingerprint density at radius 1 is 0.556 bits per heavy atom. The van der Waals surface area contributed by atoms with Crippen molar-refractivity contribution in [3.05, 3.63) is 131 Å². The third-order valence-electron chi connectivity index (χ3n) is 25.3. The topological polar surface area (TPSA) is 515 Å². The molecular formula is C91H116F2N16O26. The van der Waals surface area contributed by atoms with Crippen LogP contribution in [0.1, 0.15) is 81.8 Å². The Morgan fingerprint density at radius 3 is 1.56 bits per heavy atom. The van der Waals surface area contributed by atoms with Crippen molar-refractivity contribution >= 4 is 124 Å². The Labute approximate surface area is 777 Å². The van der Waals surface area contributed by atoms with Crippen molar-refractivity contribution in [1.29, 1.82) is 0 Å². The average Bonchev–Trinajstić information content (AvgIpc) is 1.49. The van der Waals surface area contributed by atoms with Crippen molar-refractivity contribution in [3.8, 4) is 5.75 Å². The van der Waals surface area contributed by atoms with Gasteiger partial charge in [0.25, 0.3) is 11.8 Å². The number of imide groups is 1. The van der Waals surface area contributed by atoms with E-state index in [9.17, 15) is 105 Å². The number of halogens is 2. The summed E-state index contributed by atoms with van der Waals surface area (Å²) in [6, 6.07) is 17.0. The van der Waals surface area contributed by atoms with E-state index >= 15 is 4.39 Å². The maximum atomic E-state index is 18.1. The number of rotatable bonds is 45. The number of benzene rings is 3. The Kier molecular flexibility index (Phi) is 35.7. The number of carboxylic acids is 1. The number of hydrogen-bond acceptors (Lipinski definition) is 25. The molecule has 2 aliphatic heterocycles. The minimum absolute atomic E-state index is 0.0257. The highest BCUT2D eigenvalue weighted by Crippen LogP contribution is 2.72. The van der Waals surface area contributed by atoms with E-state index in [1.165, 1.54) is 125 Å². The normalized spacial score (nSPS) is 21.1. The quantitative estimate of drug-likeness (QED) is 0.0176. The SMILES string of the molecule is CN(CC(=O)O)C(=O)CN(C)C(=O)CN(C)C(=O)CN(C)C(=O)CN(C)C(=O)CN(C)C(=O)CN(C)C(=O)CN(C)C(=O)CN(C)C(=O)CN(C)C(=O)CCCOc1cc(N2C(=O)C=CC2=O)ccc1CCC(=O)NCC(=O)NCC(=O)N[C@@H](Cc1ccccc1)C(=O)NCC(=O)NCOCC(=O)[C@@]12O[C@H](c3cccc(F)c3)O[C@@H]1C[C@H]1[C@@H]3CCC4=CC(=O)C=C[C@]4(C)[C@@]3(F)[C@@H](O)C[C@@]12C. The predicted molar refractivity (Wildman–Crippen MR) is 472 cm³/mol. The monoisotopic (exact) mass is 1890 g/mol. The van der Waals surface area contributed by atoms with E-state index in [1.54, 1.807) is 50.2 Å². The number of ketones is 2. The Hall–Kier alpha value is -13.6. The molecule has 0 bridgehead atoms. The Morgan fingerprint density at radius 2 is 1.04 bits per heavy atom. The smallest absolute Gasteiger partial charge is 0.323 e. The van der Waals surface area contributed by atoms with Gasteiger partial charge in [-0.25, -0.2) is 13.7 Å². The number of nitrogens with one attached hydrogen (secondary N) is 5. The number of aliphatic hydroxyl groups excluding tert-OH is 1. The van der Waals surface area contributed by atoms with E-state index in [-0.39, 0.29) is 80.8 Å². The third kappa shape index (κ3) is 25.9. The number of aliphatic carboxylic acids is 1. The van der Waals surface area contributed by atoms with Crippen LogP contribution in [0.15, 0.2) is 109 Å². The third-order valence-corrected chi connectivity index (χ3v) is 25.3. The maximum Gasteiger partial charge on any atom is 0.323 e. The van der Waals surface area contributed by atoms with Gasteiger partial charge in [-0.05, 0) is 92.8 Å². The molecule has 7 N–H and O–H groups in total. The Balaban J connectivity index is 0.670. The molecular weight excluding hydrogens is 1770 g/mol. The number of alkyl halides is 1. The van der Waals surface area contributed by atoms with E-state index in [0.717, 1.165) is 66.1 Å². The number of allylic oxidation sites excluding steroid dienone is 4. The van der Waals surface area contributed by atoms with Crippen molar-refractivity contribution in [2.75, 3.05) is 180 Å². The number of carbonyl (C=O) groups excluding carboxylic acids is 19. The molecule has 44 heteroatoms. The van der Waals surface area contributed by atoms with Crippen LogP contribution in [-0.2, 0) is 123 Å². The van der Waals surface area contributed by atoms with E-state index in [0.29, 0.717) is 23.1 Å². The standard InChI is InChI=1S/C91H116F2N16O26/c1-88-32-31-61(110)36-58(88)25-27-62-63-38-68-91(89(63,2)39-66(111)90(62,88)93,135-87(134-68)57-20-16-21-59(92)35-57)67(112)53-132-54-97-71(115)41-96-86(131)64(34-55-18-14-13-15-19-55)98-72(116)42-95-70(114)40-94-69(113)28-24-56-23-26-60(109-74(118)29-30-75(109)119)37-65(56)133-33-17-22-73(117)99(3)43-76(120)100(4)44-77(121)101(5)45-78(122)102(6)46-79(123)103(7)47-80(124)104(8)48-81(125)105(9)49-82(126)106(10)50-83(127)107(11)51-84(128)108(12)52-85(129)130/h13-16,18-21,23,26,29-32,35-37,62-64,66,68,87,111H,17,22,24-25,27-28,33-34,38-54H2,1-12H3,(H,94,113)(H,95,114)(H,96,131)(H,97,115)(H,98,116)(H,129,130)/t62-,63-,64-,66-,68+,87+,88-,89-,90-,91+/m0/s1. The summed E-state index contributed by atoms with van der Waals surface area (Å²) in [5.41, 5.74) is -4.75. The first-order chi connectivity index (χ1) is 63.6. The maximum absolute atomic E-state index is 18.1. The van der Waals surface area contributed by atoms with Crippen LogP contribution in [0.2, 0.25) is 0 Å². The summed E-state index contributed by atoms with van der Waals surface area (Å²) in [5.74, 6) is -15.8. The molecule has 9 rings (SSSR count). The van der Waals surface area contributed by atoms with Crippen molar-refractivity contribution < 1.29 is 134 Å². The number of fused-ring (bicyclic) bond motifs is 7. The predicted octanol–water partition coefficient (Wildman–Crippen LogP) is -2.42. The zero-order chi connectivity index (χ0) is 99.5. The van der Waals surface area contributed by atoms with E-state index in [2.05, 4.69) is 26.6 Å². The molecule has 42 nitrogen and oxygen atoms in total. The van der Waals surface area contributed by atoms with E-state index in [4.69, 9.17) is 24.1 Å². The summed E-state index contributed by atoms with van der Waals surface area (Å²) >= 11 is 0. The molecule has 17 amide bonds. The molecule has 6 aliphatic rings. The van der Waals surface area contributed by atoms with Crippen LogP contribution in [0, 0.1) is 28.5 Å². The molecule has 135 heavy (non-hydrogen) atoms. The van der Waals surface area contributed by atoms with Gasteiger partial charge < -0.3 is 105 Å². The second-order valence-corrected chi connectivity index (χ2v) is 34.9. The lowest BCUT2D eigenvalue weighted by molar-refractivity contribution is -0.231. The van der Waals surface area contributed by atoms with Crippen LogP contribution in [0.5, 0.6) is 5.75 Å². The van der Waals surface area contributed by atoms with Crippen molar-refractivity contribution in [3.63, 3.8) is 0 Å². The molecule has 1 saturated heterocycles. The lowest BCUT2D eigenvalue weighted by Gasteiger charge is -2.62. The van der Waals surface area contributed by atoms with Gasteiger partial charge in [-0.3, -0.25) is 95.9 Å². The molecule has 10 atom stereocenters. The molecule has 4 fully saturated rings. The molecule has 3 aromatic carbocycles. The zero-order valence-corrected chi connectivity index (χ0v) is 77.3. The largest absolute Gasteiger partial charge is 0.493 e. The summed E-state index contributed by atoms with van der Waals surface area (Å²) in [4.78, 5) is 272. The molecule has 0 aromatic heterocycles. The number of ether oxygens (including phenoxy) is 4. The zero-order valence-electron chi connectivity index (χ0n) is 77.3. The fraction of sp³-hybridized carbons (Fsp3) is 0.516. The first-order valence-corrected chi connectivity index (χ1v) is 43.5. The summed E-state index contributed by atoms with van der Waals surface area (Å²) in [5, 5.41) is 33.4. The molecule has 3 aromatic rings.